The summed E-state index contributed by atoms with van der Waals surface area (Å²) < 4.78 is 10.2. The Morgan fingerprint density at radius 3 is 2.25 bits per heavy atom. The second-order valence-corrected chi connectivity index (χ2v) is 5.24. The molecule has 1 atom stereocenters. The van der Waals surface area contributed by atoms with Gasteiger partial charge < -0.3 is 14.5 Å². The Bertz CT molecular complexity index is 518. The van der Waals surface area contributed by atoms with Crippen LogP contribution in [0.3, 0.4) is 0 Å². The van der Waals surface area contributed by atoms with E-state index in [1.165, 1.54) is 7.11 Å². The smallest absolute Gasteiger partial charge is 0.331 e. The number of rotatable bonds is 5. The Kier molecular flexibility index (Phi) is 4.98. The molecule has 0 saturated carbocycles. The van der Waals surface area contributed by atoms with Crippen molar-refractivity contribution in [2.24, 2.45) is 0 Å². The van der Waals surface area contributed by atoms with E-state index in [2.05, 4.69) is 5.32 Å². The van der Waals surface area contributed by atoms with Crippen molar-refractivity contribution in [2.45, 2.75) is 53.0 Å². The first-order valence-corrected chi connectivity index (χ1v) is 6.74. The molecule has 1 rings (SSSR count). The third kappa shape index (κ3) is 3.03. The highest BCUT2D eigenvalue weighted by molar-refractivity contribution is 6.00. The third-order valence-corrected chi connectivity index (χ3v) is 3.56. The third-order valence-electron chi connectivity index (χ3n) is 3.56. The van der Waals surface area contributed by atoms with E-state index in [1.54, 1.807) is 13.8 Å². The first kappa shape index (κ1) is 16.3. The molecular formula is C15H23NO4. The molecule has 0 aliphatic carbocycles. The molecule has 1 N–H and O–H groups in total. The average molecular weight is 281 g/mol. The number of esters is 1. The van der Waals surface area contributed by atoms with Crippen LogP contribution in [0.25, 0.3) is 0 Å². The van der Waals surface area contributed by atoms with Crippen molar-refractivity contribution in [3.8, 4) is 0 Å². The summed E-state index contributed by atoms with van der Waals surface area (Å²) in [4.78, 5) is 24.3. The number of hydrogen-bond acceptors (Lipinski definition) is 4. The summed E-state index contributed by atoms with van der Waals surface area (Å²) in [6, 6.07) is 0. The molecule has 0 aliphatic rings. The van der Waals surface area contributed by atoms with Crippen LogP contribution < -0.4 is 5.32 Å². The molecule has 1 amide bonds. The zero-order valence-electron chi connectivity index (χ0n) is 13.0. The molecule has 0 bridgehead atoms. The molecular weight excluding hydrogens is 258 g/mol. The van der Waals surface area contributed by atoms with Gasteiger partial charge in [0.25, 0.3) is 5.91 Å². The maximum atomic E-state index is 12.4. The average Bonchev–Trinajstić information content (AvgIpc) is 2.62. The van der Waals surface area contributed by atoms with Crippen LogP contribution in [0.4, 0.5) is 0 Å². The molecule has 0 fully saturated rings. The summed E-state index contributed by atoms with van der Waals surface area (Å²) in [6.07, 6.45) is 1.27. The van der Waals surface area contributed by atoms with E-state index in [0.717, 1.165) is 12.0 Å². The van der Waals surface area contributed by atoms with Crippen LogP contribution >= 0.6 is 0 Å². The molecule has 112 valence electrons. The number of carbonyl (C=O) groups excluding carboxylic acids is 2. The van der Waals surface area contributed by atoms with E-state index < -0.39 is 11.5 Å². The molecule has 20 heavy (non-hydrogen) atoms. The first-order chi connectivity index (χ1) is 9.26. The van der Waals surface area contributed by atoms with Crippen molar-refractivity contribution < 1.29 is 18.7 Å². The Balaban J connectivity index is 3.05. The lowest BCUT2D eigenvalue weighted by Crippen LogP contribution is -2.52. The highest BCUT2D eigenvalue weighted by Crippen LogP contribution is 2.22. The van der Waals surface area contributed by atoms with Gasteiger partial charge in [-0.1, -0.05) is 13.3 Å². The van der Waals surface area contributed by atoms with Gasteiger partial charge in [0.15, 0.2) is 0 Å². The summed E-state index contributed by atoms with van der Waals surface area (Å²) in [6.45, 7) is 9.01. The Labute approximate surface area is 119 Å². The number of furan rings is 1. The topological polar surface area (TPSA) is 68.5 Å². The van der Waals surface area contributed by atoms with Gasteiger partial charge in [-0.05, 0) is 34.1 Å². The normalized spacial score (nSPS) is 13.7. The largest absolute Gasteiger partial charge is 0.467 e. The molecule has 1 aromatic rings. The Morgan fingerprint density at radius 1 is 1.25 bits per heavy atom. The minimum Gasteiger partial charge on any atom is -0.467 e. The lowest BCUT2D eigenvalue weighted by molar-refractivity contribution is -0.147. The quantitative estimate of drug-likeness (QED) is 0.842. The number of hydrogen-bond donors (Lipinski definition) is 1. The zero-order valence-corrected chi connectivity index (χ0v) is 13.0. The minimum absolute atomic E-state index is 0.307. The van der Waals surface area contributed by atoms with Crippen molar-refractivity contribution in [1.29, 1.82) is 0 Å². The summed E-state index contributed by atoms with van der Waals surface area (Å²) in [5, 5.41) is 2.78. The van der Waals surface area contributed by atoms with Gasteiger partial charge in [-0.3, -0.25) is 4.79 Å². The molecule has 5 heteroatoms. The molecule has 0 spiro atoms. The van der Waals surface area contributed by atoms with Crippen LogP contribution in [0.5, 0.6) is 0 Å². The van der Waals surface area contributed by atoms with Crippen LogP contribution in [-0.2, 0) is 9.53 Å². The van der Waals surface area contributed by atoms with Crippen LogP contribution in [0.2, 0.25) is 0 Å². The van der Waals surface area contributed by atoms with Gasteiger partial charge in [0.1, 0.15) is 17.1 Å². The highest BCUT2D eigenvalue weighted by atomic mass is 16.5. The lowest BCUT2D eigenvalue weighted by atomic mass is 9.95. The number of aryl methyl sites for hydroxylation is 2. The fourth-order valence-electron chi connectivity index (χ4n) is 2.38. The first-order valence-electron chi connectivity index (χ1n) is 6.74. The van der Waals surface area contributed by atoms with Crippen molar-refractivity contribution in [1.82, 2.24) is 5.32 Å². The summed E-state index contributed by atoms with van der Waals surface area (Å²) >= 11 is 0. The van der Waals surface area contributed by atoms with Gasteiger partial charge in [-0.2, -0.15) is 0 Å². The molecule has 0 radical (unpaired) electrons. The van der Waals surface area contributed by atoms with Crippen molar-refractivity contribution in [3.63, 3.8) is 0 Å². The monoisotopic (exact) mass is 281 g/mol. The number of nitrogens with one attached hydrogen (secondary N) is 1. The summed E-state index contributed by atoms with van der Waals surface area (Å²) in [7, 11) is 1.32. The number of amides is 1. The number of ether oxygens (including phenoxy) is 1. The molecule has 1 heterocycles. The van der Waals surface area contributed by atoms with Crippen LogP contribution in [0.1, 0.15) is 54.1 Å². The maximum absolute atomic E-state index is 12.4. The molecule has 5 nitrogen and oxygen atoms in total. The highest BCUT2D eigenvalue weighted by Gasteiger charge is 2.36. The molecule has 0 saturated heterocycles. The Morgan fingerprint density at radius 2 is 1.85 bits per heavy atom. The van der Waals surface area contributed by atoms with E-state index in [-0.39, 0.29) is 5.91 Å². The van der Waals surface area contributed by atoms with Crippen LogP contribution in [0.15, 0.2) is 4.42 Å². The van der Waals surface area contributed by atoms with Crippen molar-refractivity contribution in [2.75, 3.05) is 7.11 Å². The lowest BCUT2D eigenvalue weighted by Gasteiger charge is -2.27. The Hall–Kier alpha value is -1.78. The molecule has 1 unspecified atom stereocenters. The summed E-state index contributed by atoms with van der Waals surface area (Å²) in [5.74, 6) is 0.519. The maximum Gasteiger partial charge on any atom is 0.331 e. The van der Waals surface area contributed by atoms with E-state index in [4.69, 9.17) is 9.15 Å². The second-order valence-electron chi connectivity index (χ2n) is 5.24. The van der Waals surface area contributed by atoms with E-state index in [9.17, 15) is 9.59 Å². The fraction of sp³-hybridized carbons (Fsp3) is 0.600. The van der Waals surface area contributed by atoms with Gasteiger partial charge in [-0.15, -0.1) is 0 Å². The SMILES string of the molecule is CCCC(C)(NC(=O)c1c(C)oc(C)c1C)C(=O)OC. The molecule has 0 aliphatic heterocycles. The fourth-order valence-corrected chi connectivity index (χ4v) is 2.38. The van der Waals surface area contributed by atoms with E-state index >= 15 is 0 Å². The second kappa shape index (κ2) is 6.11. The predicted molar refractivity (Wildman–Crippen MR) is 75.7 cm³/mol. The number of carbonyl (C=O) groups is 2. The van der Waals surface area contributed by atoms with Crippen molar-refractivity contribution in [3.05, 3.63) is 22.6 Å². The van der Waals surface area contributed by atoms with E-state index in [0.29, 0.717) is 23.5 Å². The van der Waals surface area contributed by atoms with Gasteiger partial charge in [0.2, 0.25) is 0 Å². The summed E-state index contributed by atoms with van der Waals surface area (Å²) in [5.41, 5.74) is 0.266. The van der Waals surface area contributed by atoms with Gasteiger partial charge >= 0.3 is 5.97 Å². The molecule has 1 aromatic heterocycles. The number of methoxy groups -OCH3 is 1. The minimum atomic E-state index is -1.02. The van der Waals surface area contributed by atoms with Crippen LogP contribution in [0, 0.1) is 20.8 Å². The van der Waals surface area contributed by atoms with Gasteiger partial charge in [0.05, 0.1) is 12.7 Å². The van der Waals surface area contributed by atoms with Gasteiger partial charge in [0, 0.05) is 5.56 Å². The standard InChI is InChI=1S/C15H23NO4/c1-7-8-15(5,14(18)19-6)16-13(17)12-9(2)10(3)20-11(12)4/h7-8H2,1-6H3,(H,16,17). The van der Waals surface area contributed by atoms with E-state index in [1.807, 2.05) is 20.8 Å². The molecule has 0 aromatic carbocycles. The van der Waals surface area contributed by atoms with Crippen LogP contribution in [-0.4, -0.2) is 24.5 Å². The zero-order chi connectivity index (χ0) is 15.5. The predicted octanol–water partition coefficient (Wildman–Crippen LogP) is 2.67. The van der Waals surface area contributed by atoms with Gasteiger partial charge in [-0.25, -0.2) is 4.79 Å². The van der Waals surface area contributed by atoms with Crippen molar-refractivity contribution >= 4 is 11.9 Å².